The quantitative estimate of drug-likeness (QED) is 0.206. The Hall–Kier alpha value is -1.77. The Morgan fingerprint density at radius 2 is 1.69 bits per heavy atom. The molecule has 5 nitrogen and oxygen atoms in total. The normalized spacial score (nSPS) is 18.3. The van der Waals surface area contributed by atoms with Crippen LogP contribution in [0.2, 0.25) is 0 Å². The summed E-state index contributed by atoms with van der Waals surface area (Å²) in [7, 11) is 0. The number of aliphatic carboxylic acids is 1. The van der Waals surface area contributed by atoms with Gasteiger partial charge in [0.25, 0.3) is 5.91 Å². The van der Waals surface area contributed by atoms with Gasteiger partial charge in [-0.05, 0) is 30.7 Å². The van der Waals surface area contributed by atoms with Crippen LogP contribution in [0.5, 0.6) is 0 Å². The molecule has 1 saturated heterocycles. The zero-order valence-corrected chi connectivity index (χ0v) is 20.9. The van der Waals surface area contributed by atoms with Gasteiger partial charge in [-0.3, -0.25) is 14.5 Å². The van der Waals surface area contributed by atoms with Gasteiger partial charge in [0.1, 0.15) is 10.9 Å². The first kappa shape index (κ1) is 24.9. The maximum atomic E-state index is 12.5. The van der Waals surface area contributed by atoms with Crippen molar-refractivity contribution >= 4 is 57.6 Å². The Morgan fingerprint density at radius 3 is 2.41 bits per heavy atom. The molecule has 1 N–H and O–H groups in total. The van der Waals surface area contributed by atoms with Crippen molar-refractivity contribution in [1.29, 1.82) is 0 Å². The van der Waals surface area contributed by atoms with Crippen molar-refractivity contribution in [2.75, 3.05) is 18.0 Å². The second-order valence-electron chi connectivity index (χ2n) is 7.89. The molecule has 1 fully saturated rings. The summed E-state index contributed by atoms with van der Waals surface area (Å²) in [4.78, 5) is 28.7. The molecule has 2 aliphatic rings. The van der Waals surface area contributed by atoms with E-state index >= 15 is 0 Å². The molecular formula is C24H30N2O3S3. The lowest BCUT2D eigenvalue weighted by molar-refractivity contribution is -0.140. The Labute approximate surface area is 204 Å². The number of unbranched alkanes of at least 4 members (excludes halogenated alkanes) is 7. The summed E-state index contributed by atoms with van der Waals surface area (Å²) in [5.74, 6) is -1.41. The third kappa shape index (κ3) is 6.62. The van der Waals surface area contributed by atoms with Crippen molar-refractivity contribution in [3.05, 3.63) is 46.4 Å². The highest BCUT2D eigenvalue weighted by atomic mass is 32.2. The third-order valence-electron chi connectivity index (χ3n) is 5.42. The van der Waals surface area contributed by atoms with Crippen LogP contribution in [0.1, 0.15) is 58.3 Å². The van der Waals surface area contributed by atoms with E-state index in [0.717, 1.165) is 34.7 Å². The Balaban J connectivity index is 1.62. The summed E-state index contributed by atoms with van der Waals surface area (Å²) in [6.07, 6.45) is 14.0. The molecule has 1 aromatic carbocycles. The van der Waals surface area contributed by atoms with Gasteiger partial charge in [-0.25, -0.2) is 0 Å². The predicted octanol–water partition coefficient (Wildman–Crippen LogP) is 6.41. The van der Waals surface area contributed by atoms with Crippen molar-refractivity contribution in [1.82, 2.24) is 4.90 Å². The van der Waals surface area contributed by atoms with Gasteiger partial charge in [0, 0.05) is 11.4 Å². The summed E-state index contributed by atoms with van der Waals surface area (Å²) < 4.78 is 0.292. The topological polar surface area (TPSA) is 60.9 Å². The smallest absolute Gasteiger partial charge is 0.323 e. The average Bonchev–Trinajstić information content (AvgIpc) is 3.25. The Kier molecular flexibility index (Phi) is 9.69. The van der Waals surface area contributed by atoms with Crippen molar-refractivity contribution in [3.8, 4) is 0 Å². The highest BCUT2D eigenvalue weighted by molar-refractivity contribution is 8.26. The van der Waals surface area contributed by atoms with Crippen LogP contribution in [0, 0.1) is 0 Å². The van der Waals surface area contributed by atoms with Crippen LogP contribution < -0.4 is 4.90 Å². The number of thiocarbonyl (C=S) groups is 1. The van der Waals surface area contributed by atoms with Gasteiger partial charge in [-0.1, -0.05) is 99.7 Å². The number of carboxylic acid groups (broad SMARTS) is 1. The maximum absolute atomic E-state index is 12.5. The Morgan fingerprint density at radius 1 is 1.00 bits per heavy atom. The lowest BCUT2D eigenvalue weighted by atomic mass is 10.1. The van der Waals surface area contributed by atoms with E-state index in [1.165, 1.54) is 55.5 Å². The lowest BCUT2D eigenvalue weighted by Gasteiger charge is -2.20. The van der Waals surface area contributed by atoms with E-state index in [9.17, 15) is 9.59 Å². The first-order chi connectivity index (χ1) is 15.5. The van der Waals surface area contributed by atoms with E-state index in [1.54, 1.807) is 17.8 Å². The largest absolute Gasteiger partial charge is 0.480 e. The Bertz CT molecular complexity index is 914. The minimum Gasteiger partial charge on any atom is -0.480 e. The van der Waals surface area contributed by atoms with Crippen molar-refractivity contribution in [3.63, 3.8) is 0 Å². The molecule has 0 unspecified atom stereocenters. The van der Waals surface area contributed by atoms with Crippen LogP contribution in [0.15, 0.2) is 51.2 Å². The summed E-state index contributed by atoms with van der Waals surface area (Å²) >= 11 is 8.04. The number of anilines is 1. The number of nitrogens with zero attached hydrogens (tertiary/aromatic N) is 2. The first-order valence-electron chi connectivity index (χ1n) is 11.2. The summed E-state index contributed by atoms with van der Waals surface area (Å²) in [6, 6.07) is 8.36. The first-order valence-corrected chi connectivity index (χ1v) is 13.3. The maximum Gasteiger partial charge on any atom is 0.323 e. The number of para-hydroxylation sites is 1. The summed E-state index contributed by atoms with van der Waals surface area (Å²) in [6.45, 7) is 2.79. The van der Waals surface area contributed by atoms with Gasteiger partial charge < -0.3 is 10.0 Å². The van der Waals surface area contributed by atoms with Gasteiger partial charge in [0.2, 0.25) is 0 Å². The molecule has 0 atom stereocenters. The van der Waals surface area contributed by atoms with E-state index in [1.807, 2.05) is 12.1 Å². The number of rotatable bonds is 12. The van der Waals surface area contributed by atoms with E-state index in [4.69, 9.17) is 17.3 Å². The third-order valence-corrected chi connectivity index (χ3v) is 7.94. The predicted molar refractivity (Wildman–Crippen MR) is 138 cm³/mol. The van der Waals surface area contributed by atoms with Gasteiger partial charge in [0.15, 0.2) is 0 Å². The number of hydrogen-bond acceptors (Lipinski definition) is 6. The number of benzene rings is 1. The van der Waals surface area contributed by atoms with Crippen LogP contribution in [0.4, 0.5) is 5.69 Å². The van der Waals surface area contributed by atoms with Crippen molar-refractivity contribution < 1.29 is 14.7 Å². The molecule has 0 spiro atoms. The van der Waals surface area contributed by atoms with Gasteiger partial charge in [0.05, 0.1) is 15.6 Å². The van der Waals surface area contributed by atoms with E-state index in [2.05, 4.69) is 30.0 Å². The SMILES string of the molecule is CCCCCCCCCCN1/C(=C\C=C2\SC(=S)N(CC(=O)O)C2=O)Sc2ccccc21. The zero-order valence-electron chi connectivity index (χ0n) is 18.4. The number of amides is 1. The van der Waals surface area contributed by atoms with Crippen LogP contribution >= 0.6 is 35.7 Å². The van der Waals surface area contributed by atoms with Gasteiger partial charge >= 0.3 is 5.97 Å². The molecule has 2 heterocycles. The molecule has 0 aromatic heterocycles. The molecule has 1 aromatic rings. The van der Waals surface area contributed by atoms with Crippen molar-refractivity contribution in [2.45, 2.75) is 63.2 Å². The van der Waals surface area contributed by atoms with Crippen molar-refractivity contribution in [2.24, 2.45) is 0 Å². The minimum atomic E-state index is -1.07. The van der Waals surface area contributed by atoms with Gasteiger partial charge in [-0.15, -0.1) is 0 Å². The second-order valence-corrected chi connectivity index (χ2v) is 10.6. The standard InChI is InChI=1S/C24H30N2O3S3/c1-2-3-4-5-6-7-8-11-16-25-18-12-9-10-13-19(18)31-21(25)15-14-20-23(29)26(17-22(27)28)24(30)32-20/h9-10,12-15H,2-8,11,16-17H2,1H3,(H,27,28)/b20-14+,21-15+. The average molecular weight is 491 g/mol. The van der Waals surface area contributed by atoms with Crippen LogP contribution in [-0.4, -0.2) is 39.3 Å². The fourth-order valence-electron chi connectivity index (χ4n) is 3.74. The van der Waals surface area contributed by atoms with Crippen LogP contribution in [0.3, 0.4) is 0 Å². The van der Waals surface area contributed by atoms with E-state index in [0.29, 0.717) is 9.23 Å². The van der Waals surface area contributed by atoms with Crippen LogP contribution in [0.25, 0.3) is 0 Å². The van der Waals surface area contributed by atoms with E-state index in [-0.39, 0.29) is 5.91 Å². The zero-order chi connectivity index (χ0) is 22.9. The molecule has 1 amide bonds. The lowest BCUT2D eigenvalue weighted by Crippen LogP contribution is -2.33. The monoisotopic (exact) mass is 490 g/mol. The minimum absolute atomic E-state index is 0.292. The molecule has 172 valence electrons. The molecule has 8 heteroatoms. The molecule has 3 rings (SSSR count). The number of carboxylic acids is 1. The van der Waals surface area contributed by atoms with E-state index < -0.39 is 12.5 Å². The van der Waals surface area contributed by atoms with Crippen LogP contribution in [-0.2, 0) is 9.59 Å². The second kappa shape index (κ2) is 12.5. The fraction of sp³-hybridized carbons (Fsp3) is 0.458. The highest BCUT2D eigenvalue weighted by Gasteiger charge is 2.33. The number of carbonyl (C=O) groups excluding carboxylic acids is 1. The highest BCUT2D eigenvalue weighted by Crippen LogP contribution is 2.46. The molecule has 0 saturated carbocycles. The molecular weight excluding hydrogens is 460 g/mol. The number of allylic oxidation sites excluding steroid dienone is 2. The molecule has 32 heavy (non-hydrogen) atoms. The number of thioether (sulfide) groups is 2. The molecule has 0 bridgehead atoms. The molecule has 0 radical (unpaired) electrons. The number of hydrogen-bond donors (Lipinski definition) is 1. The van der Waals surface area contributed by atoms with Gasteiger partial charge in [-0.2, -0.15) is 0 Å². The number of fused-ring (bicyclic) bond motifs is 1. The summed E-state index contributed by atoms with van der Waals surface area (Å²) in [5.41, 5.74) is 1.21. The molecule has 2 aliphatic heterocycles. The number of carbonyl (C=O) groups is 2. The molecule has 0 aliphatic carbocycles. The fourth-order valence-corrected chi connectivity index (χ4v) is 6.03. The summed E-state index contributed by atoms with van der Waals surface area (Å²) in [5, 5.41) is 10.1.